The first kappa shape index (κ1) is 22.2. The van der Waals surface area contributed by atoms with E-state index in [9.17, 15) is 9.59 Å². The molecule has 0 bridgehead atoms. The average Bonchev–Trinajstić information content (AvgIpc) is 2.78. The van der Waals surface area contributed by atoms with Gasteiger partial charge in [-0.15, -0.1) is 0 Å². The number of pyridine rings is 1. The number of rotatable bonds is 8. The molecule has 1 saturated carbocycles. The van der Waals surface area contributed by atoms with Crippen LogP contribution in [0, 0.1) is 0 Å². The number of nitrogens with one attached hydrogen (secondary N) is 1. The number of carboxylic acid groups (broad SMARTS) is 1. The maximum atomic E-state index is 11.3. The van der Waals surface area contributed by atoms with Gasteiger partial charge in [-0.1, -0.05) is 19.1 Å². The van der Waals surface area contributed by atoms with Crippen LogP contribution in [0.4, 0.5) is 4.79 Å². The highest BCUT2D eigenvalue weighted by Crippen LogP contribution is 2.29. The van der Waals surface area contributed by atoms with E-state index in [-0.39, 0.29) is 29.7 Å². The van der Waals surface area contributed by atoms with E-state index >= 15 is 0 Å². The van der Waals surface area contributed by atoms with Gasteiger partial charge in [0.1, 0.15) is 17.6 Å². The van der Waals surface area contributed by atoms with Crippen molar-refractivity contribution in [3.05, 3.63) is 72.1 Å². The van der Waals surface area contributed by atoms with Gasteiger partial charge in [-0.05, 0) is 29.8 Å². The van der Waals surface area contributed by atoms with Crippen LogP contribution >= 0.6 is 0 Å². The maximum Gasteiger partial charge on any atom is 0.404 e. The van der Waals surface area contributed by atoms with Crippen LogP contribution in [0.1, 0.15) is 54.5 Å². The Morgan fingerprint density at radius 2 is 1.61 bits per heavy atom. The largest absolute Gasteiger partial charge is 0.489 e. The number of ether oxygens (including phenoxy) is 2. The van der Waals surface area contributed by atoms with Gasteiger partial charge in [-0.3, -0.25) is 9.78 Å². The minimum atomic E-state index is -1.00. The zero-order valence-electron chi connectivity index (χ0n) is 18.3. The topological polar surface area (TPSA) is 124 Å². The molecular formula is C24H24N4O5. The molecule has 1 unspecified atom stereocenters. The van der Waals surface area contributed by atoms with Crippen molar-refractivity contribution in [2.75, 3.05) is 0 Å². The van der Waals surface area contributed by atoms with Crippen molar-refractivity contribution in [1.29, 1.82) is 0 Å². The maximum absolute atomic E-state index is 11.3. The first-order valence-corrected chi connectivity index (χ1v) is 10.6. The lowest BCUT2D eigenvalue weighted by molar-refractivity contribution is 0.0830. The van der Waals surface area contributed by atoms with Crippen molar-refractivity contribution in [1.82, 2.24) is 20.3 Å². The Kier molecular flexibility index (Phi) is 6.48. The van der Waals surface area contributed by atoms with E-state index in [1.165, 1.54) is 19.3 Å². The Labute approximate surface area is 190 Å². The quantitative estimate of drug-likeness (QED) is 0.492. The van der Waals surface area contributed by atoms with Crippen LogP contribution in [0.3, 0.4) is 0 Å². The molecule has 1 aromatic carbocycles. The van der Waals surface area contributed by atoms with Crippen molar-refractivity contribution < 1.29 is 24.2 Å². The molecule has 1 amide bonds. The number of ketones is 1. The number of nitrogens with zero attached hydrogens (tertiary/aromatic N) is 3. The second-order valence-corrected chi connectivity index (χ2v) is 7.97. The van der Waals surface area contributed by atoms with E-state index in [0.717, 1.165) is 11.3 Å². The van der Waals surface area contributed by atoms with Crippen LogP contribution < -0.4 is 14.8 Å². The normalized spacial score (nSPS) is 18.0. The zero-order valence-corrected chi connectivity index (χ0v) is 18.3. The summed E-state index contributed by atoms with van der Waals surface area (Å²) in [6.45, 7) is 3.48. The first-order chi connectivity index (χ1) is 15.9. The van der Waals surface area contributed by atoms with Crippen molar-refractivity contribution in [3.8, 4) is 17.2 Å². The summed E-state index contributed by atoms with van der Waals surface area (Å²) in [6, 6.07) is 11.4. The number of carbonyl (C=O) groups is 2. The fourth-order valence-electron chi connectivity index (χ4n) is 3.55. The molecule has 2 N–H and O–H groups in total. The molecule has 0 radical (unpaired) electrons. The minimum absolute atomic E-state index is 0.00327. The second kappa shape index (κ2) is 9.64. The summed E-state index contributed by atoms with van der Waals surface area (Å²) in [5.74, 6) is 1.79. The lowest BCUT2D eigenvalue weighted by Gasteiger charge is -2.34. The summed E-state index contributed by atoms with van der Waals surface area (Å²) >= 11 is 0. The number of hydrogen-bond donors (Lipinski definition) is 2. The molecule has 0 aliphatic heterocycles. The van der Waals surface area contributed by atoms with Gasteiger partial charge in [0.05, 0.1) is 18.6 Å². The molecule has 3 aromatic rings. The van der Waals surface area contributed by atoms with E-state index in [4.69, 9.17) is 14.6 Å². The van der Waals surface area contributed by atoms with E-state index in [1.807, 2.05) is 36.4 Å². The van der Waals surface area contributed by atoms with Crippen LogP contribution in [0.2, 0.25) is 0 Å². The third-order valence-electron chi connectivity index (χ3n) is 5.49. The number of hydrogen-bond acceptors (Lipinski definition) is 7. The van der Waals surface area contributed by atoms with Gasteiger partial charge in [0, 0.05) is 37.4 Å². The Hall–Kier alpha value is -4.01. The molecule has 1 aliphatic carbocycles. The number of benzene rings is 1. The van der Waals surface area contributed by atoms with Crippen molar-refractivity contribution in [2.24, 2.45) is 0 Å². The van der Waals surface area contributed by atoms with Gasteiger partial charge >= 0.3 is 6.09 Å². The van der Waals surface area contributed by atoms with Crippen LogP contribution in [0.5, 0.6) is 17.2 Å². The molecule has 33 heavy (non-hydrogen) atoms. The predicted octanol–water partition coefficient (Wildman–Crippen LogP) is 4.20. The third-order valence-corrected chi connectivity index (χ3v) is 5.49. The molecule has 9 heteroatoms. The molecule has 2 aromatic heterocycles. The van der Waals surface area contributed by atoms with Crippen LogP contribution in [-0.2, 0) is 0 Å². The number of Topliss-reactive ketones (excluding diaryl/α,β-unsaturated/α-hetero) is 1. The van der Waals surface area contributed by atoms with E-state index < -0.39 is 6.09 Å². The summed E-state index contributed by atoms with van der Waals surface area (Å²) in [7, 11) is 0. The van der Waals surface area contributed by atoms with Crippen molar-refractivity contribution in [3.63, 3.8) is 0 Å². The van der Waals surface area contributed by atoms with Gasteiger partial charge in [0.15, 0.2) is 17.4 Å². The standard InChI is InChI=1S/C24H24N4O5/c1-14(22-8-7-19(11-25-22)33-20-9-17(10-20)28-24(30)31)16-3-5-18(6-4-16)32-21-12-26-23(15(2)29)27-13-21/h3-8,11-14,17,20,28H,9-10H2,1-2H3,(H,30,31). The van der Waals surface area contributed by atoms with E-state index in [0.29, 0.717) is 30.1 Å². The predicted molar refractivity (Wildman–Crippen MR) is 119 cm³/mol. The molecule has 1 aliphatic rings. The third kappa shape index (κ3) is 5.62. The molecule has 1 atom stereocenters. The molecule has 9 nitrogen and oxygen atoms in total. The highest BCUT2D eigenvalue weighted by Gasteiger charge is 2.32. The Morgan fingerprint density at radius 1 is 0.970 bits per heavy atom. The van der Waals surface area contributed by atoms with Crippen molar-refractivity contribution >= 4 is 11.9 Å². The van der Waals surface area contributed by atoms with E-state index in [1.54, 1.807) is 6.20 Å². The van der Waals surface area contributed by atoms with Gasteiger partial charge < -0.3 is 19.9 Å². The molecule has 4 rings (SSSR count). The smallest absolute Gasteiger partial charge is 0.404 e. The summed E-state index contributed by atoms with van der Waals surface area (Å²) < 4.78 is 11.6. The lowest BCUT2D eigenvalue weighted by atomic mass is 9.89. The minimum Gasteiger partial charge on any atom is -0.489 e. The average molecular weight is 448 g/mol. The number of carbonyl (C=O) groups excluding carboxylic acids is 1. The highest BCUT2D eigenvalue weighted by atomic mass is 16.5. The molecular weight excluding hydrogens is 424 g/mol. The fourth-order valence-corrected chi connectivity index (χ4v) is 3.55. The SMILES string of the molecule is CC(=O)c1ncc(Oc2ccc(C(C)c3ccc(OC4CC(NC(=O)O)C4)cn3)cc2)cn1. The Balaban J connectivity index is 1.32. The summed E-state index contributed by atoms with van der Waals surface area (Å²) in [5, 5.41) is 11.2. The van der Waals surface area contributed by atoms with Crippen molar-refractivity contribution in [2.45, 2.75) is 44.8 Å². The van der Waals surface area contributed by atoms with Crippen LogP contribution in [0.15, 0.2) is 55.0 Å². The highest BCUT2D eigenvalue weighted by molar-refractivity contribution is 5.90. The summed E-state index contributed by atoms with van der Waals surface area (Å²) in [6.07, 6.45) is 4.96. The van der Waals surface area contributed by atoms with Gasteiger partial charge in [0.25, 0.3) is 0 Å². The molecule has 1 fully saturated rings. The molecule has 170 valence electrons. The van der Waals surface area contributed by atoms with Crippen LogP contribution in [0.25, 0.3) is 0 Å². The second-order valence-electron chi connectivity index (χ2n) is 7.97. The van der Waals surface area contributed by atoms with Gasteiger partial charge in [0.2, 0.25) is 0 Å². The van der Waals surface area contributed by atoms with Crippen LogP contribution in [-0.4, -0.2) is 44.1 Å². The van der Waals surface area contributed by atoms with E-state index in [2.05, 4.69) is 27.2 Å². The van der Waals surface area contributed by atoms with Gasteiger partial charge in [-0.25, -0.2) is 14.8 Å². The van der Waals surface area contributed by atoms with Gasteiger partial charge in [-0.2, -0.15) is 0 Å². The Bertz CT molecular complexity index is 1110. The molecule has 0 spiro atoms. The number of aromatic nitrogens is 3. The zero-order chi connectivity index (χ0) is 23.4. The number of amides is 1. The molecule has 2 heterocycles. The molecule has 0 saturated heterocycles. The summed E-state index contributed by atoms with van der Waals surface area (Å²) in [4.78, 5) is 34.4. The lowest BCUT2D eigenvalue weighted by Crippen LogP contribution is -2.48. The first-order valence-electron chi connectivity index (χ1n) is 10.6. The summed E-state index contributed by atoms with van der Waals surface area (Å²) in [5.41, 5.74) is 1.98. The fraction of sp³-hybridized carbons (Fsp3) is 0.292. The Morgan fingerprint density at radius 3 is 2.18 bits per heavy atom. The monoisotopic (exact) mass is 448 g/mol.